The predicted molar refractivity (Wildman–Crippen MR) is 107 cm³/mol. The van der Waals surface area contributed by atoms with E-state index in [1.54, 1.807) is 4.90 Å². The van der Waals surface area contributed by atoms with Crippen molar-refractivity contribution in [2.45, 2.75) is 46.1 Å². The van der Waals surface area contributed by atoms with E-state index in [0.717, 1.165) is 23.2 Å². The number of nitrogens with zero attached hydrogens (tertiary/aromatic N) is 1. The zero-order chi connectivity index (χ0) is 19.4. The Balaban J connectivity index is 1.67. The maximum Gasteiger partial charge on any atom is 0.311 e. The third-order valence-electron chi connectivity index (χ3n) is 5.33. The molecule has 142 valence electrons. The fourth-order valence-corrected chi connectivity index (χ4v) is 3.42. The van der Waals surface area contributed by atoms with Gasteiger partial charge in [-0.15, -0.1) is 0 Å². The van der Waals surface area contributed by atoms with Gasteiger partial charge in [-0.05, 0) is 36.5 Å². The van der Waals surface area contributed by atoms with Crippen LogP contribution in [0.3, 0.4) is 0 Å². The topological polar surface area (TPSA) is 46.6 Å². The van der Waals surface area contributed by atoms with Crippen LogP contribution < -0.4 is 4.90 Å². The zero-order valence-electron chi connectivity index (χ0n) is 16.3. The summed E-state index contributed by atoms with van der Waals surface area (Å²) in [5.41, 5.74) is 4.20. The molecular formula is C23H27NO3. The lowest BCUT2D eigenvalue weighted by Gasteiger charge is -2.23. The van der Waals surface area contributed by atoms with E-state index >= 15 is 0 Å². The average Bonchev–Trinajstić information content (AvgIpc) is 3.08. The van der Waals surface area contributed by atoms with Crippen LogP contribution in [-0.2, 0) is 20.9 Å². The van der Waals surface area contributed by atoms with Crippen LogP contribution in [0.5, 0.6) is 0 Å². The monoisotopic (exact) mass is 365 g/mol. The summed E-state index contributed by atoms with van der Waals surface area (Å²) in [5.74, 6) is -0.357. The number of benzene rings is 2. The molecule has 1 heterocycles. The minimum absolute atomic E-state index is 0.0111. The van der Waals surface area contributed by atoms with Crippen LogP contribution in [0.25, 0.3) is 0 Å². The van der Waals surface area contributed by atoms with Crippen LogP contribution in [0.4, 0.5) is 5.69 Å². The van der Waals surface area contributed by atoms with E-state index in [-0.39, 0.29) is 24.9 Å². The predicted octanol–water partition coefficient (Wildman–Crippen LogP) is 4.60. The molecule has 2 aromatic rings. The van der Waals surface area contributed by atoms with E-state index in [9.17, 15) is 9.59 Å². The Bertz CT molecular complexity index is 813. The Labute approximate surface area is 161 Å². The molecule has 4 heteroatoms. The van der Waals surface area contributed by atoms with Gasteiger partial charge in [0.1, 0.15) is 6.61 Å². The maximum absolute atomic E-state index is 12.6. The molecule has 0 N–H and O–H groups in total. The fraction of sp³-hybridized carbons (Fsp3) is 0.391. The van der Waals surface area contributed by atoms with Crippen molar-refractivity contribution in [2.24, 2.45) is 5.92 Å². The lowest BCUT2D eigenvalue weighted by Crippen LogP contribution is -2.27. The van der Waals surface area contributed by atoms with Gasteiger partial charge in [0.2, 0.25) is 5.91 Å². The summed E-state index contributed by atoms with van der Waals surface area (Å²) in [5, 5.41) is 0. The highest BCUT2D eigenvalue weighted by Gasteiger charge is 2.37. The van der Waals surface area contributed by atoms with Crippen molar-refractivity contribution in [1.82, 2.24) is 0 Å². The minimum Gasteiger partial charge on any atom is -0.461 e. The molecule has 0 radical (unpaired) electrons. The first-order valence-corrected chi connectivity index (χ1v) is 9.61. The number of para-hydroxylation sites is 1. The van der Waals surface area contributed by atoms with E-state index in [4.69, 9.17) is 4.74 Å². The van der Waals surface area contributed by atoms with Gasteiger partial charge in [-0.1, -0.05) is 61.9 Å². The van der Waals surface area contributed by atoms with Crippen molar-refractivity contribution in [2.75, 3.05) is 11.4 Å². The van der Waals surface area contributed by atoms with Crippen LogP contribution in [0.2, 0.25) is 0 Å². The van der Waals surface area contributed by atoms with Gasteiger partial charge in [0.25, 0.3) is 0 Å². The second-order valence-corrected chi connectivity index (χ2v) is 7.37. The number of carbonyl (C=O) groups excluding carboxylic acids is 2. The number of carbonyl (C=O) groups is 2. The number of ether oxygens (including phenoxy) is 1. The summed E-state index contributed by atoms with van der Waals surface area (Å²) in [4.78, 5) is 26.8. The highest BCUT2D eigenvalue weighted by molar-refractivity contribution is 6.00. The molecule has 1 aliphatic rings. The third kappa shape index (κ3) is 4.38. The third-order valence-corrected chi connectivity index (χ3v) is 5.33. The van der Waals surface area contributed by atoms with Crippen LogP contribution in [0.15, 0.2) is 48.5 Å². The molecule has 1 aliphatic heterocycles. The van der Waals surface area contributed by atoms with Gasteiger partial charge in [-0.25, -0.2) is 0 Å². The molecule has 0 saturated carbocycles. The van der Waals surface area contributed by atoms with E-state index in [2.05, 4.69) is 19.9 Å². The number of rotatable bonds is 6. The normalized spacial score (nSPS) is 17.8. The molecule has 0 aliphatic carbocycles. The van der Waals surface area contributed by atoms with E-state index in [1.807, 2.05) is 49.4 Å². The summed E-state index contributed by atoms with van der Waals surface area (Å²) in [6, 6.07) is 15.9. The Kier molecular flexibility index (Phi) is 5.94. The van der Waals surface area contributed by atoms with Gasteiger partial charge in [0, 0.05) is 18.7 Å². The lowest BCUT2D eigenvalue weighted by atomic mass is 9.96. The van der Waals surface area contributed by atoms with Crippen molar-refractivity contribution >= 4 is 17.6 Å². The van der Waals surface area contributed by atoms with Crippen molar-refractivity contribution in [3.8, 4) is 0 Å². The molecular weight excluding hydrogens is 338 g/mol. The summed E-state index contributed by atoms with van der Waals surface area (Å²) in [6.07, 6.45) is 1.21. The number of aryl methyl sites for hydroxylation is 1. The fourth-order valence-electron chi connectivity index (χ4n) is 3.42. The maximum atomic E-state index is 12.6. The van der Waals surface area contributed by atoms with Gasteiger partial charge >= 0.3 is 5.97 Å². The molecule has 2 aromatic carbocycles. The standard InChI is InChI=1S/C23H27NO3/c1-4-17(3)20-7-5-6-8-21(20)24-14-19(13-22(24)25)23(26)27-15-18-11-9-16(2)10-12-18/h5-12,17,19H,4,13-15H2,1-3H3/t17-,19-/m0/s1. The van der Waals surface area contributed by atoms with Crippen molar-refractivity contribution in [1.29, 1.82) is 0 Å². The lowest BCUT2D eigenvalue weighted by molar-refractivity contribution is -0.149. The summed E-state index contributed by atoms with van der Waals surface area (Å²) >= 11 is 0. The molecule has 1 amide bonds. The molecule has 0 unspecified atom stereocenters. The number of esters is 1. The number of amides is 1. The quantitative estimate of drug-likeness (QED) is 0.703. The highest BCUT2D eigenvalue weighted by atomic mass is 16.5. The molecule has 2 atom stereocenters. The van der Waals surface area contributed by atoms with Crippen molar-refractivity contribution in [3.05, 3.63) is 65.2 Å². The van der Waals surface area contributed by atoms with Gasteiger partial charge in [-0.3, -0.25) is 9.59 Å². The van der Waals surface area contributed by atoms with Crippen LogP contribution in [0.1, 0.15) is 49.3 Å². The van der Waals surface area contributed by atoms with E-state index in [0.29, 0.717) is 12.5 Å². The van der Waals surface area contributed by atoms with Crippen molar-refractivity contribution in [3.63, 3.8) is 0 Å². The summed E-state index contributed by atoms with van der Waals surface area (Å²) in [7, 11) is 0. The van der Waals surface area contributed by atoms with Gasteiger partial charge < -0.3 is 9.64 Å². The first-order chi connectivity index (χ1) is 13.0. The Morgan fingerprint density at radius 1 is 1.19 bits per heavy atom. The second kappa shape index (κ2) is 8.38. The summed E-state index contributed by atoms with van der Waals surface area (Å²) < 4.78 is 5.47. The number of anilines is 1. The smallest absolute Gasteiger partial charge is 0.311 e. The average molecular weight is 365 g/mol. The van der Waals surface area contributed by atoms with Gasteiger partial charge in [0.05, 0.1) is 5.92 Å². The van der Waals surface area contributed by atoms with Gasteiger partial charge in [0.15, 0.2) is 0 Å². The molecule has 27 heavy (non-hydrogen) atoms. The van der Waals surface area contributed by atoms with E-state index in [1.165, 1.54) is 5.56 Å². The molecule has 1 fully saturated rings. The van der Waals surface area contributed by atoms with E-state index < -0.39 is 5.92 Å². The van der Waals surface area contributed by atoms with Gasteiger partial charge in [-0.2, -0.15) is 0 Å². The zero-order valence-corrected chi connectivity index (χ0v) is 16.3. The van der Waals surface area contributed by atoms with Crippen molar-refractivity contribution < 1.29 is 14.3 Å². The molecule has 0 spiro atoms. The minimum atomic E-state index is -0.409. The van der Waals surface area contributed by atoms with Crippen LogP contribution >= 0.6 is 0 Å². The number of hydrogen-bond donors (Lipinski definition) is 0. The SMILES string of the molecule is CC[C@H](C)c1ccccc1N1C[C@@H](C(=O)OCc2ccc(C)cc2)CC1=O. The molecule has 1 saturated heterocycles. The Hall–Kier alpha value is -2.62. The number of hydrogen-bond acceptors (Lipinski definition) is 3. The van der Waals surface area contributed by atoms with Crippen LogP contribution in [0, 0.1) is 12.8 Å². The second-order valence-electron chi connectivity index (χ2n) is 7.37. The first kappa shape index (κ1) is 19.2. The highest BCUT2D eigenvalue weighted by Crippen LogP contribution is 2.33. The molecule has 3 rings (SSSR count). The Morgan fingerprint density at radius 2 is 1.89 bits per heavy atom. The molecule has 4 nitrogen and oxygen atoms in total. The largest absolute Gasteiger partial charge is 0.461 e. The Morgan fingerprint density at radius 3 is 2.59 bits per heavy atom. The van der Waals surface area contributed by atoms with Crippen LogP contribution in [-0.4, -0.2) is 18.4 Å². The molecule has 0 bridgehead atoms. The summed E-state index contributed by atoms with van der Waals surface area (Å²) in [6.45, 7) is 6.95. The molecule has 0 aromatic heterocycles. The first-order valence-electron chi connectivity index (χ1n) is 9.61.